The molecule has 9 heteroatoms. The maximum atomic E-state index is 14.5. The van der Waals surface area contributed by atoms with Crippen molar-refractivity contribution >= 4 is 22.5 Å². The van der Waals surface area contributed by atoms with Crippen molar-refractivity contribution in [2.24, 2.45) is 0 Å². The molecule has 4 rings (SSSR count). The molecule has 1 amide bonds. The lowest BCUT2D eigenvalue weighted by atomic mass is 9.90. The summed E-state index contributed by atoms with van der Waals surface area (Å²) in [5.41, 5.74) is -0.601. The first-order valence-corrected chi connectivity index (χ1v) is 10.6. The van der Waals surface area contributed by atoms with Crippen molar-refractivity contribution in [3.8, 4) is 5.75 Å². The number of hydrogen-bond acceptors (Lipinski definition) is 4. The van der Waals surface area contributed by atoms with Crippen molar-refractivity contribution < 1.29 is 27.1 Å². The minimum absolute atomic E-state index is 0.0230. The number of nitrogens with one attached hydrogen (secondary N) is 2. The van der Waals surface area contributed by atoms with Crippen LogP contribution in [0.3, 0.4) is 0 Å². The molecule has 3 aromatic rings. The first kappa shape index (κ1) is 22.8. The summed E-state index contributed by atoms with van der Waals surface area (Å²) in [6.45, 7) is 0. The number of carbonyl (C=O) groups is 1. The van der Waals surface area contributed by atoms with Gasteiger partial charge in [-0.3, -0.25) is 4.79 Å². The zero-order valence-corrected chi connectivity index (χ0v) is 17.9. The molecule has 1 heterocycles. The van der Waals surface area contributed by atoms with Crippen LogP contribution in [0.4, 0.5) is 23.2 Å². The van der Waals surface area contributed by atoms with Gasteiger partial charge in [-0.15, -0.1) is 0 Å². The molecule has 1 fully saturated rings. The van der Waals surface area contributed by atoms with E-state index in [2.05, 4.69) is 15.6 Å². The summed E-state index contributed by atoms with van der Waals surface area (Å²) in [6.07, 6.45) is -1.95. The molecule has 33 heavy (non-hydrogen) atoms. The Labute approximate surface area is 188 Å². The molecule has 1 unspecified atom stereocenters. The van der Waals surface area contributed by atoms with Gasteiger partial charge in [0, 0.05) is 23.3 Å². The topological polar surface area (TPSA) is 63.2 Å². The van der Waals surface area contributed by atoms with E-state index in [4.69, 9.17) is 4.74 Å². The van der Waals surface area contributed by atoms with Crippen LogP contribution in [-0.4, -0.2) is 30.1 Å². The highest BCUT2D eigenvalue weighted by Gasteiger charge is 2.34. The van der Waals surface area contributed by atoms with Crippen molar-refractivity contribution in [2.75, 3.05) is 12.4 Å². The van der Waals surface area contributed by atoms with Crippen LogP contribution < -0.4 is 15.4 Å². The van der Waals surface area contributed by atoms with Crippen molar-refractivity contribution in [3.05, 3.63) is 65.6 Å². The van der Waals surface area contributed by atoms with Gasteiger partial charge in [0.15, 0.2) is 0 Å². The molecule has 0 spiro atoms. The van der Waals surface area contributed by atoms with Gasteiger partial charge in [-0.05, 0) is 68.1 Å². The molecule has 1 aliphatic carbocycles. The van der Waals surface area contributed by atoms with E-state index in [9.17, 15) is 22.4 Å². The fraction of sp³-hybridized carbons (Fsp3) is 0.333. The number of halogens is 4. The molecule has 1 aromatic heterocycles. The Morgan fingerprint density at radius 3 is 2.52 bits per heavy atom. The average molecular weight is 461 g/mol. The van der Waals surface area contributed by atoms with E-state index in [1.54, 1.807) is 31.4 Å². The molecular weight excluding hydrogens is 438 g/mol. The number of ether oxygens (including phenoxy) is 1. The molecule has 2 aromatic carbocycles. The maximum Gasteiger partial charge on any atom is 0.433 e. The van der Waals surface area contributed by atoms with Gasteiger partial charge in [0.2, 0.25) is 0 Å². The van der Waals surface area contributed by atoms with E-state index < -0.39 is 17.7 Å². The summed E-state index contributed by atoms with van der Waals surface area (Å²) in [4.78, 5) is 16.2. The second-order valence-electron chi connectivity index (χ2n) is 8.09. The van der Waals surface area contributed by atoms with E-state index in [0.29, 0.717) is 24.2 Å². The van der Waals surface area contributed by atoms with Gasteiger partial charge in [-0.1, -0.05) is 6.07 Å². The number of amides is 1. The first-order valence-electron chi connectivity index (χ1n) is 10.6. The molecule has 2 atom stereocenters. The Bertz CT molecular complexity index is 1150. The van der Waals surface area contributed by atoms with Gasteiger partial charge in [0.1, 0.15) is 17.3 Å². The summed E-state index contributed by atoms with van der Waals surface area (Å²) in [5.74, 6) is -0.233. The number of hydrogen-bond donors (Lipinski definition) is 2. The fourth-order valence-corrected chi connectivity index (χ4v) is 4.19. The standard InChI is InChI=1S/C24H23F4N3O2/c1-33-17-10-8-14(9-11-17)23(32)30-16-5-2-4-15(12-16)29-20-13-21(24(26,27)28)31-19-7-3-6-18(25)22(19)20/h3,6-11,13,15-16H,2,4-5,12H2,1H3,(H,29,31)(H,30,32)/t15?,16-/m1/s1. The molecule has 174 valence electrons. The number of anilines is 1. The predicted molar refractivity (Wildman–Crippen MR) is 117 cm³/mol. The Morgan fingerprint density at radius 2 is 1.82 bits per heavy atom. The normalized spacial score (nSPS) is 18.7. The quantitative estimate of drug-likeness (QED) is 0.489. The van der Waals surface area contributed by atoms with E-state index in [0.717, 1.165) is 18.9 Å². The van der Waals surface area contributed by atoms with Crippen molar-refractivity contribution in [1.82, 2.24) is 10.3 Å². The number of rotatable bonds is 5. The number of aromatic nitrogens is 1. The fourth-order valence-electron chi connectivity index (χ4n) is 4.19. The third-order valence-corrected chi connectivity index (χ3v) is 5.79. The second kappa shape index (κ2) is 9.25. The molecule has 1 aliphatic rings. The molecule has 5 nitrogen and oxygen atoms in total. The highest BCUT2D eigenvalue weighted by atomic mass is 19.4. The van der Waals surface area contributed by atoms with E-state index in [1.165, 1.54) is 18.2 Å². The minimum atomic E-state index is -4.65. The molecule has 0 saturated heterocycles. The number of methoxy groups -OCH3 is 1. The van der Waals surface area contributed by atoms with Gasteiger partial charge >= 0.3 is 6.18 Å². The highest BCUT2D eigenvalue weighted by Crippen LogP contribution is 2.35. The Morgan fingerprint density at radius 1 is 1.09 bits per heavy atom. The minimum Gasteiger partial charge on any atom is -0.497 e. The summed E-state index contributed by atoms with van der Waals surface area (Å²) in [6, 6.07) is 11.1. The number of pyridine rings is 1. The molecular formula is C24H23F4N3O2. The molecule has 0 radical (unpaired) electrons. The largest absolute Gasteiger partial charge is 0.497 e. The SMILES string of the molecule is COc1ccc(C(=O)N[C@@H]2CCCC(Nc3cc(C(F)(F)F)nc4cccc(F)c34)C2)cc1. The van der Waals surface area contributed by atoms with E-state index in [1.807, 2.05) is 0 Å². The summed E-state index contributed by atoms with van der Waals surface area (Å²) in [5, 5.41) is 6.10. The smallest absolute Gasteiger partial charge is 0.433 e. The van der Waals surface area contributed by atoms with Crippen LogP contribution in [0.1, 0.15) is 41.7 Å². The first-order chi connectivity index (χ1) is 15.7. The Balaban J connectivity index is 1.51. The third-order valence-electron chi connectivity index (χ3n) is 5.79. The van der Waals surface area contributed by atoms with Gasteiger partial charge in [0.25, 0.3) is 5.91 Å². The van der Waals surface area contributed by atoms with Crippen molar-refractivity contribution in [2.45, 2.75) is 43.9 Å². The zero-order valence-electron chi connectivity index (χ0n) is 17.9. The Hall–Kier alpha value is -3.36. The van der Waals surface area contributed by atoms with Crippen molar-refractivity contribution in [1.29, 1.82) is 0 Å². The van der Waals surface area contributed by atoms with Crippen LogP contribution in [0.5, 0.6) is 5.75 Å². The van der Waals surface area contributed by atoms with E-state index in [-0.39, 0.29) is 34.6 Å². The number of benzene rings is 2. The van der Waals surface area contributed by atoms with E-state index >= 15 is 0 Å². The summed E-state index contributed by atoms with van der Waals surface area (Å²) in [7, 11) is 1.54. The molecule has 0 bridgehead atoms. The number of fused-ring (bicyclic) bond motifs is 1. The number of carbonyl (C=O) groups excluding carboxylic acids is 1. The highest BCUT2D eigenvalue weighted by molar-refractivity contribution is 5.94. The van der Waals surface area contributed by atoms with Crippen LogP contribution in [0.2, 0.25) is 0 Å². The van der Waals surface area contributed by atoms with Crippen LogP contribution in [0.25, 0.3) is 10.9 Å². The van der Waals surface area contributed by atoms with Gasteiger partial charge in [-0.2, -0.15) is 13.2 Å². The third kappa shape index (κ3) is 5.18. The maximum absolute atomic E-state index is 14.5. The zero-order chi connectivity index (χ0) is 23.6. The van der Waals surface area contributed by atoms with Gasteiger partial charge in [-0.25, -0.2) is 9.37 Å². The molecule has 1 saturated carbocycles. The second-order valence-corrected chi connectivity index (χ2v) is 8.09. The summed E-state index contributed by atoms with van der Waals surface area (Å²) < 4.78 is 59.6. The molecule has 0 aliphatic heterocycles. The average Bonchev–Trinajstić information content (AvgIpc) is 2.78. The van der Waals surface area contributed by atoms with Crippen LogP contribution in [-0.2, 0) is 6.18 Å². The van der Waals surface area contributed by atoms with Gasteiger partial charge < -0.3 is 15.4 Å². The number of nitrogens with zero attached hydrogens (tertiary/aromatic N) is 1. The van der Waals surface area contributed by atoms with Crippen LogP contribution >= 0.6 is 0 Å². The lowest BCUT2D eigenvalue weighted by Crippen LogP contribution is -2.41. The van der Waals surface area contributed by atoms with Crippen molar-refractivity contribution in [3.63, 3.8) is 0 Å². The lowest BCUT2D eigenvalue weighted by molar-refractivity contribution is -0.140. The van der Waals surface area contributed by atoms with Gasteiger partial charge in [0.05, 0.1) is 18.0 Å². The molecule has 2 N–H and O–H groups in total. The predicted octanol–water partition coefficient (Wildman–Crippen LogP) is 5.55. The van der Waals surface area contributed by atoms with Crippen LogP contribution in [0.15, 0.2) is 48.5 Å². The monoisotopic (exact) mass is 461 g/mol. The lowest BCUT2D eigenvalue weighted by Gasteiger charge is -2.31. The summed E-state index contributed by atoms with van der Waals surface area (Å²) >= 11 is 0. The Kier molecular flexibility index (Phi) is 6.40. The van der Waals surface area contributed by atoms with Crippen LogP contribution in [0, 0.1) is 5.82 Å². The number of alkyl halides is 3.